The average molecular weight is 550 g/mol. The highest BCUT2D eigenvalue weighted by Gasteiger charge is 2.34. The summed E-state index contributed by atoms with van der Waals surface area (Å²) in [6, 6.07) is 10.6. The summed E-state index contributed by atoms with van der Waals surface area (Å²) >= 11 is 0. The van der Waals surface area contributed by atoms with E-state index < -0.39 is 0 Å². The van der Waals surface area contributed by atoms with Crippen molar-refractivity contribution in [3.63, 3.8) is 0 Å². The Balaban J connectivity index is 1.42. The molecule has 1 saturated carbocycles. The van der Waals surface area contributed by atoms with Gasteiger partial charge >= 0.3 is 0 Å². The van der Waals surface area contributed by atoms with Gasteiger partial charge < -0.3 is 34.8 Å². The highest BCUT2D eigenvalue weighted by atomic mass is 16.5. The lowest BCUT2D eigenvalue weighted by molar-refractivity contribution is -0.132. The molecule has 0 unspecified atom stereocenters. The van der Waals surface area contributed by atoms with Crippen LogP contribution in [0.4, 0.5) is 11.4 Å². The SMILES string of the molecule is COc1ccc(C(=O)Nc2cc(C(=O)N3CCCNCC3)ccc2N2CCCN(C(=O)C3CC3)CC2)cc1OC. The molecule has 2 N–H and O–H groups in total. The Morgan fingerprint density at radius 2 is 1.57 bits per heavy atom. The van der Waals surface area contributed by atoms with Gasteiger partial charge in [0.05, 0.1) is 25.6 Å². The molecule has 2 saturated heterocycles. The van der Waals surface area contributed by atoms with Gasteiger partial charge in [-0.05, 0) is 68.6 Å². The molecular formula is C30H39N5O5. The third kappa shape index (κ3) is 6.33. The number of carbonyl (C=O) groups is 3. The normalized spacial score (nSPS) is 18.0. The molecule has 10 nitrogen and oxygen atoms in total. The van der Waals surface area contributed by atoms with Crippen molar-refractivity contribution in [3.8, 4) is 11.5 Å². The van der Waals surface area contributed by atoms with Gasteiger partial charge in [-0.15, -0.1) is 0 Å². The van der Waals surface area contributed by atoms with Crippen molar-refractivity contribution >= 4 is 29.1 Å². The zero-order valence-electron chi connectivity index (χ0n) is 23.4. The number of amides is 3. The molecule has 3 fully saturated rings. The fraction of sp³-hybridized carbons (Fsp3) is 0.500. The maximum Gasteiger partial charge on any atom is 0.255 e. The predicted octanol–water partition coefficient (Wildman–Crippen LogP) is 2.84. The Morgan fingerprint density at radius 1 is 0.800 bits per heavy atom. The molecule has 0 spiro atoms. The Kier molecular flexibility index (Phi) is 8.74. The molecular weight excluding hydrogens is 510 g/mol. The van der Waals surface area contributed by atoms with Crippen LogP contribution in [-0.4, -0.2) is 94.1 Å². The van der Waals surface area contributed by atoms with Crippen LogP contribution in [-0.2, 0) is 4.79 Å². The van der Waals surface area contributed by atoms with Gasteiger partial charge in [-0.2, -0.15) is 0 Å². The summed E-state index contributed by atoms with van der Waals surface area (Å²) in [6.07, 6.45) is 3.72. The number of methoxy groups -OCH3 is 2. The average Bonchev–Trinajstić information content (AvgIpc) is 3.85. The van der Waals surface area contributed by atoms with E-state index in [4.69, 9.17) is 9.47 Å². The first-order valence-corrected chi connectivity index (χ1v) is 14.2. The lowest BCUT2D eigenvalue weighted by Crippen LogP contribution is -2.36. The molecule has 1 aliphatic carbocycles. The van der Waals surface area contributed by atoms with Crippen molar-refractivity contribution in [3.05, 3.63) is 47.5 Å². The first-order valence-electron chi connectivity index (χ1n) is 14.2. The maximum absolute atomic E-state index is 13.5. The molecule has 40 heavy (non-hydrogen) atoms. The summed E-state index contributed by atoms with van der Waals surface area (Å²) in [5, 5.41) is 6.40. The summed E-state index contributed by atoms with van der Waals surface area (Å²) in [5.74, 6) is 1.09. The van der Waals surface area contributed by atoms with E-state index in [1.165, 1.54) is 7.11 Å². The van der Waals surface area contributed by atoms with Crippen LogP contribution >= 0.6 is 0 Å². The van der Waals surface area contributed by atoms with Crippen LogP contribution in [0.15, 0.2) is 36.4 Å². The summed E-state index contributed by atoms with van der Waals surface area (Å²) in [6.45, 7) is 5.77. The first-order chi connectivity index (χ1) is 19.5. The lowest BCUT2D eigenvalue weighted by atomic mass is 10.1. The van der Waals surface area contributed by atoms with Crippen LogP contribution in [0, 0.1) is 5.92 Å². The second-order valence-corrected chi connectivity index (χ2v) is 10.6. The van der Waals surface area contributed by atoms with Gasteiger partial charge in [0.2, 0.25) is 5.91 Å². The van der Waals surface area contributed by atoms with E-state index in [1.807, 2.05) is 21.9 Å². The van der Waals surface area contributed by atoms with Gasteiger partial charge in [0, 0.05) is 62.9 Å². The van der Waals surface area contributed by atoms with Crippen molar-refractivity contribution in [1.82, 2.24) is 15.1 Å². The number of hydrogen-bond acceptors (Lipinski definition) is 7. The van der Waals surface area contributed by atoms with Crippen LogP contribution in [0.1, 0.15) is 46.4 Å². The number of benzene rings is 2. The molecule has 2 aromatic carbocycles. The molecule has 2 aromatic rings. The first kappa shape index (κ1) is 27.8. The highest BCUT2D eigenvalue weighted by molar-refractivity contribution is 6.07. The van der Waals surface area contributed by atoms with E-state index in [0.717, 1.165) is 57.5 Å². The smallest absolute Gasteiger partial charge is 0.255 e. The number of anilines is 2. The molecule has 214 valence electrons. The summed E-state index contributed by atoms with van der Waals surface area (Å²) < 4.78 is 10.7. The Bertz CT molecular complexity index is 1240. The third-order valence-electron chi connectivity index (χ3n) is 7.84. The Morgan fingerprint density at radius 3 is 2.35 bits per heavy atom. The van der Waals surface area contributed by atoms with E-state index in [-0.39, 0.29) is 23.6 Å². The quantitative estimate of drug-likeness (QED) is 0.548. The van der Waals surface area contributed by atoms with Gasteiger partial charge in [-0.3, -0.25) is 14.4 Å². The number of nitrogens with zero attached hydrogens (tertiary/aromatic N) is 3. The van der Waals surface area contributed by atoms with E-state index in [0.29, 0.717) is 54.5 Å². The summed E-state index contributed by atoms with van der Waals surface area (Å²) in [4.78, 5) is 45.6. The fourth-order valence-electron chi connectivity index (χ4n) is 5.42. The predicted molar refractivity (Wildman–Crippen MR) is 153 cm³/mol. The van der Waals surface area contributed by atoms with Gasteiger partial charge in [-0.1, -0.05) is 0 Å². The third-order valence-corrected chi connectivity index (χ3v) is 7.84. The van der Waals surface area contributed by atoms with Crippen LogP contribution in [0.3, 0.4) is 0 Å². The minimum atomic E-state index is -0.314. The second-order valence-electron chi connectivity index (χ2n) is 10.6. The standard InChI is InChI=1S/C30H39N5O5/c1-39-26-10-8-22(20-27(26)40-2)28(36)32-24-19-23(30(38)34-13-3-11-31-12-16-34)7-9-25(24)33-14-4-15-35(18-17-33)29(37)21-5-6-21/h7-10,19-21,31H,3-6,11-18H2,1-2H3,(H,32,36). The number of rotatable bonds is 7. The molecule has 0 bridgehead atoms. The van der Waals surface area contributed by atoms with Gasteiger partial charge in [0.25, 0.3) is 11.8 Å². The molecule has 10 heteroatoms. The van der Waals surface area contributed by atoms with E-state index in [9.17, 15) is 14.4 Å². The van der Waals surface area contributed by atoms with E-state index >= 15 is 0 Å². The number of ether oxygens (including phenoxy) is 2. The van der Waals surface area contributed by atoms with Crippen LogP contribution < -0.4 is 25.0 Å². The Hall–Kier alpha value is -3.79. The van der Waals surface area contributed by atoms with Crippen molar-refractivity contribution in [2.75, 3.05) is 76.8 Å². The minimum absolute atomic E-state index is 0.0473. The number of nitrogens with one attached hydrogen (secondary N) is 2. The van der Waals surface area contributed by atoms with Crippen LogP contribution in [0.25, 0.3) is 0 Å². The lowest BCUT2D eigenvalue weighted by Gasteiger charge is -2.27. The second kappa shape index (κ2) is 12.6. The summed E-state index contributed by atoms with van der Waals surface area (Å²) in [5.41, 5.74) is 2.36. The molecule has 2 heterocycles. The largest absolute Gasteiger partial charge is 0.493 e. The van der Waals surface area contributed by atoms with Gasteiger partial charge in [0.1, 0.15) is 0 Å². The molecule has 2 aliphatic heterocycles. The van der Waals surface area contributed by atoms with Crippen molar-refractivity contribution < 1.29 is 23.9 Å². The van der Waals surface area contributed by atoms with Gasteiger partial charge in [-0.25, -0.2) is 0 Å². The van der Waals surface area contributed by atoms with Crippen molar-refractivity contribution in [1.29, 1.82) is 0 Å². The summed E-state index contributed by atoms with van der Waals surface area (Å²) in [7, 11) is 3.08. The maximum atomic E-state index is 13.5. The zero-order chi connectivity index (χ0) is 28.1. The highest BCUT2D eigenvalue weighted by Crippen LogP contribution is 2.33. The zero-order valence-corrected chi connectivity index (χ0v) is 23.4. The minimum Gasteiger partial charge on any atom is -0.493 e. The van der Waals surface area contributed by atoms with Gasteiger partial charge in [0.15, 0.2) is 11.5 Å². The van der Waals surface area contributed by atoms with E-state index in [2.05, 4.69) is 15.5 Å². The fourth-order valence-corrected chi connectivity index (χ4v) is 5.42. The number of hydrogen-bond donors (Lipinski definition) is 2. The molecule has 3 aliphatic rings. The van der Waals surface area contributed by atoms with E-state index in [1.54, 1.807) is 31.4 Å². The molecule has 5 rings (SSSR count). The monoisotopic (exact) mass is 549 g/mol. The molecule has 0 radical (unpaired) electrons. The Labute approximate surface area is 235 Å². The topological polar surface area (TPSA) is 103 Å². The van der Waals surface area contributed by atoms with Crippen LogP contribution in [0.2, 0.25) is 0 Å². The number of carbonyl (C=O) groups excluding carboxylic acids is 3. The van der Waals surface area contributed by atoms with Crippen LogP contribution in [0.5, 0.6) is 11.5 Å². The molecule has 0 atom stereocenters. The molecule has 3 amide bonds. The van der Waals surface area contributed by atoms with Crippen molar-refractivity contribution in [2.24, 2.45) is 5.92 Å². The van der Waals surface area contributed by atoms with Crippen molar-refractivity contribution in [2.45, 2.75) is 25.7 Å². The molecule has 0 aromatic heterocycles.